The van der Waals surface area contributed by atoms with Crippen LogP contribution in [0.25, 0.3) is 21.7 Å². The summed E-state index contributed by atoms with van der Waals surface area (Å²) >= 11 is 1.30. The fourth-order valence-corrected chi connectivity index (χ4v) is 3.84. The van der Waals surface area contributed by atoms with Gasteiger partial charge < -0.3 is 15.0 Å². The van der Waals surface area contributed by atoms with Gasteiger partial charge in [0.05, 0.1) is 21.6 Å². The summed E-state index contributed by atoms with van der Waals surface area (Å²) in [5.41, 5.74) is 2.23. The van der Waals surface area contributed by atoms with Gasteiger partial charge in [0.15, 0.2) is 5.65 Å². The number of carboxylic acids is 1. The molecule has 29 heavy (non-hydrogen) atoms. The van der Waals surface area contributed by atoms with Gasteiger partial charge in [-0.3, -0.25) is 9.78 Å². The summed E-state index contributed by atoms with van der Waals surface area (Å²) in [4.78, 5) is 42.8. The normalized spacial score (nSPS) is 10.9. The Morgan fingerprint density at radius 2 is 2.07 bits per heavy atom. The fourth-order valence-electron chi connectivity index (χ4n) is 2.88. The zero-order chi connectivity index (χ0) is 20.4. The second-order valence-electron chi connectivity index (χ2n) is 6.42. The third-order valence-electron chi connectivity index (χ3n) is 4.46. The third kappa shape index (κ3) is 3.85. The Labute approximate surface area is 169 Å². The number of nitrogens with one attached hydrogen (secondary N) is 1. The van der Waals surface area contributed by atoms with Crippen molar-refractivity contribution in [2.24, 2.45) is 0 Å². The molecule has 8 nitrogen and oxygen atoms in total. The molecule has 0 aliphatic rings. The lowest BCUT2D eigenvalue weighted by atomic mass is 10.2. The summed E-state index contributed by atoms with van der Waals surface area (Å²) in [6.45, 7) is 0.556. The zero-order valence-electron chi connectivity index (χ0n) is 15.5. The number of carboxylic acid groups (broad SMARTS) is 1. The molecule has 0 fully saturated rings. The van der Waals surface area contributed by atoms with Crippen molar-refractivity contribution in [2.45, 2.75) is 6.42 Å². The summed E-state index contributed by atoms with van der Waals surface area (Å²) in [6, 6.07) is 9.27. The molecule has 4 aromatic rings. The second-order valence-corrected chi connectivity index (χ2v) is 7.51. The Morgan fingerprint density at radius 1 is 1.21 bits per heavy atom. The van der Waals surface area contributed by atoms with Crippen LogP contribution in [-0.2, 0) is 6.42 Å². The number of aromatic nitrogens is 4. The predicted molar refractivity (Wildman–Crippen MR) is 109 cm³/mol. The molecule has 0 aromatic carbocycles. The van der Waals surface area contributed by atoms with Crippen LogP contribution in [0, 0.1) is 0 Å². The van der Waals surface area contributed by atoms with Crippen LogP contribution in [0.3, 0.4) is 0 Å². The standard InChI is InChI=1S/C20H17N5O3S/c1-25(9-7-12-4-2-3-8-21-12)19(26)16-6-5-15(29-16)14-11-23-18-17(24-14)13(10-22-18)20(27)28/h2-6,8,10-11H,7,9H2,1H3,(H,22,23)(H,27,28). The molecule has 0 unspecified atom stereocenters. The van der Waals surface area contributed by atoms with E-state index in [0.29, 0.717) is 34.7 Å². The van der Waals surface area contributed by atoms with Crippen LogP contribution in [0.5, 0.6) is 0 Å². The highest BCUT2D eigenvalue weighted by Crippen LogP contribution is 2.28. The number of amides is 1. The van der Waals surface area contributed by atoms with Crippen molar-refractivity contribution in [2.75, 3.05) is 13.6 Å². The van der Waals surface area contributed by atoms with E-state index in [4.69, 9.17) is 0 Å². The first-order valence-corrected chi connectivity index (χ1v) is 9.67. The van der Waals surface area contributed by atoms with Gasteiger partial charge in [0.25, 0.3) is 5.91 Å². The first-order valence-electron chi connectivity index (χ1n) is 8.86. The van der Waals surface area contributed by atoms with E-state index in [2.05, 4.69) is 19.9 Å². The van der Waals surface area contributed by atoms with Gasteiger partial charge in [-0.05, 0) is 24.3 Å². The molecule has 0 saturated heterocycles. The van der Waals surface area contributed by atoms with Crippen LogP contribution in [0.4, 0.5) is 0 Å². The van der Waals surface area contributed by atoms with Crippen molar-refractivity contribution in [1.29, 1.82) is 0 Å². The minimum absolute atomic E-state index is 0.0662. The number of carbonyl (C=O) groups excluding carboxylic acids is 1. The lowest BCUT2D eigenvalue weighted by Gasteiger charge is -2.15. The molecule has 0 bridgehead atoms. The summed E-state index contributed by atoms with van der Waals surface area (Å²) in [7, 11) is 1.76. The molecule has 9 heteroatoms. The first-order chi connectivity index (χ1) is 14.0. The van der Waals surface area contributed by atoms with Crippen molar-refractivity contribution >= 4 is 34.4 Å². The van der Waals surface area contributed by atoms with E-state index >= 15 is 0 Å². The number of likely N-dealkylation sites (N-methyl/N-ethyl adjacent to an activating group) is 1. The number of H-pyrrole nitrogens is 1. The van der Waals surface area contributed by atoms with E-state index < -0.39 is 5.97 Å². The molecule has 4 rings (SSSR count). The minimum atomic E-state index is -1.07. The number of nitrogens with zero attached hydrogens (tertiary/aromatic N) is 4. The monoisotopic (exact) mass is 407 g/mol. The van der Waals surface area contributed by atoms with E-state index in [1.54, 1.807) is 36.5 Å². The molecule has 0 radical (unpaired) electrons. The quantitative estimate of drug-likeness (QED) is 0.508. The highest BCUT2D eigenvalue weighted by atomic mass is 32.1. The van der Waals surface area contributed by atoms with Crippen LogP contribution >= 0.6 is 11.3 Å². The molecule has 146 valence electrons. The van der Waals surface area contributed by atoms with Crippen molar-refractivity contribution in [3.05, 3.63) is 65.1 Å². The maximum Gasteiger partial charge on any atom is 0.339 e. The highest BCUT2D eigenvalue weighted by molar-refractivity contribution is 7.17. The minimum Gasteiger partial charge on any atom is -0.478 e. The number of thiophene rings is 1. The van der Waals surface area contributed by atoms with Crippen molar-refractivity contribution in [3.8, 4) is 10.6 Å². The maximum absolute atomic E-state index is 12.7. The van der Waals surface area contributed by atoms with E-state index in [1.807, 2.05) is 18.2 Å². The lowest BCUT2D eigenvalue weighted by molar-refractivity contribution is 0.0698. The molecular formula is C20H17N5O3S. The Morgan fingerprint density at radius 3 is 2.83 bits per heavy atom. The zero-order valence-corrected chi connectivity index (χ0v) is 16.3. The van der Waals surface area contributed by atoms with Gasteiger partial charge in [-0.2, -0.15) is 0 Å². The smallest absolute Gasteiger partial charge is 0.339 e. The topological polar surface area (TPSA) is 112 Å². The molecule has 0 aliphatic carbocycles. The predicted octanol–water partition coefficient (Wildman–Crippen LogP) is 3.09. The number of rotatable bonds is 6. The van der Waals surface area contributed by atoms with Gasteiger partial charge in [0.2, 0.25) is 0 Å². The van der Waals surface area contributed by atoms with Gasteiger partial charge in [0, 0.05) is 38.1 Å². The van der Waals surface area contributed by atoms with Crippen LogP contribution in [0.2, 0.25) is 0 Å². The van der Waals surface area contributed by atoms with Crippen LogP contribution < -0.4 is 0 Å². The Hall–Kier alpha value is -3.59. The van der Waals surface area contributed by atoms with E-state index in [-0.39, 0.29) is 11.5 Å². The van der Waals surface area contributed by atoms with E-state index in [1.165, 1.54) is 17.5 Å². The molecule has 2 N–H and O–H groups in total. The van der Waals surface area contributed by atoms with Gasteiger partial charge in [-0.15, -0.1) is 11.3 Å². The van der Waals surface area contributed by atoms with Gasteiger partial charge >= 0.3 is 5.97 Å². The molecular weight excluding hydrogens is 390 g/mol. The summed E-state index contributed by atoms with van der Waals surface area (Å²) in [5, 5.41) is 9.26. The van der Waals surface area contributed by atoms with Gasteiger partial charge in [-0.25, -0.2) is 14.8 Å². The van der Waals surface area contributed by atoms with Crippen LogP contribution in [-0.4, -0.2) is 55.4 Å². The average molecular weight is 407 g/mol. The van der Waals surface area contributed by atoms with Crippen LogP contribution in [0.1, 0.15) is 25.7 Å². The Bertz CT molecular complexity index is 1190. The Kier molecular flexibility index (Phi) is 5.05. The fraction of sp³-hybridized carbons (Fsp3) is 0.150. The summed E-state index contributed by atoms with van der Waals surface area (Å²) in [6.07, 6.45) is 5.35. The van der Waals surface area contributed by atoms with Crippen molar-refractivity contribution < 1.29 is 14.7 Å². The number of carbonyl (C=O) groups is 2. The number of fused-ring (bicyclic) bond motifs is 1. The molecule has 1 amide bonds. The Balaban J connectivity index is 1.51. The van der Waals surface area contributed by atoms with Crippen molar-refractivity contribution in [1.82, 2.24) is 24.8 Å². The second kappa shape index (κ2) is 7.80. The number of aromatic amines is 1. The molecule has 0 saturated carbocycles. The third-order valence-corrected chi connectivity index (χ3v) is 5.55. The molecule has 4 aromatic heterocycles. The van der Waals surface area contributed by atoms with Gasteiger partial charge in [0.1, 0.15) is 11.1 Å². The van der Waals surface area contributed by atoms with Gasteiger partial charge in [-0.1, -0.05) is 6.07 Å². The molecule has 4 heterocycles. The molecule has 0 aliphatic heterocycles. The summed E-state index contributed by atoms with van der Waals surface area (Å²) < 4.78 is 0. The maximum atomic E-state index is 12.7. The number of hydrogen-bond acceptors (Lipinski definition) is 6. The average Bonchev–Trinajstić information content (AvgIpc) is 3.39. The molecule has 0 spiro atoms. The van der Waals surface area contributed by atoms with E-state index in [9.17, 15) is 14.7 Å². The highest BCUT2D eigenvalue weighted by Gasteiger charge is 2.18. The number of aromatic carboxylic acids is 1. The van der Waals surface area contributed by atoms with E-state index in [0.717, 1.165) is 10.6 Å². The largest absolute Gasteiger partial charge is 0.478 e. The van der Waals surface area contributed by atoms with Crippen molar-refractivity contribution in [3.63, 3.8) is 0 Å². The number of pyridine rings is 1. The van der Waals surface area contributed by atoms with Crippen LogP contribution in [0.15, 0.2) is 48.9 Å². The number of hydrogen-bond donors (Lipinski definition) is 2. The lowest BCUT2D eigenvalue weighted by Crippen LogP contribution is -2.28. The SMILES string of the molecule is CN(CCc1ccccn1)C(=O)c1ccc(-c2cnc3[nH]cc(C(=O)O)c3n2)s1. The first kappa shape index (κ1) is 18.8. The summed E-state index contributed by atoms with van der Waals surface area (Å²) in [5.74, 6) is -1.15. The molecule has 0 atom stereocenters.